The second-order valence-electron chi connectivity index (χ2n) is 8.00. The predicted molar refractivity (Wildman–Crippen MR) is 143 cm³/mol. The minimum Gasteiger partial charge on any atom is -0.480 e. The van der Waals surface area contributed by atoms with Crippen LogP contribution in [0.25, 0.3) is 10.4 Å². The molecule has 3 aromatic carbocycles. The Morgan fingerprint density at radius 2 is 1.67 bits per heavy atom. The molecule has 4 rings (SSSR count). The highest BCUT2D eigenvalue weighted by molar-refractivity contribution is 7.15. The monoisotopic (exact) mass is 561 g/mol. The van der Waals surface area contributed by atoms with Gasteiger partial charge in [-0.15, -0.1) is 11.3 Å². The van der Waals surface area contributed by atoms with Crippen LogP contribution in [-0.2, 0) is 17.8 Å². The maximum absolute atomic E-state index is 13.7. The van der Waals surface area contributed by atoms with Crippen LogP contribution in [0.1, 0.15) is 20.8 Å². The van der Waals surface area contributed by atoms with Crippen molar-refractivity contribution in [2.75, 3.05) is 0 Å². The van der Waals surface area contributed by atoms with Gasteiger partial charge < -0.3 is 10.0 Å². The third kappa shape index (κ3) is 6.08. The Labute approximate surface area is 226 Å². The molecule has 1 amide bonds. The van der Waals surface area contributed by atoms with E-state index in [-0.39, 0.29) is 28.6 Å². The van der Waals surface area contributed by atoms with Crippen molar-refractivity contribution in [3.8, 4) is 10.4 Å². The zero-order chi connectivity index (χ0) is 25.8. The first-order valence-corrected chi connectivity index (χ1v) is 12.7. The molecule has 0 aliphatic heterocycles. The van der Waals surface area contributed by atoms with Crippen LogP contribution in [0.15, 0.2) is 78.9 Å². The lowest BCUT2D eigenvalue weighted by molar-refractivity contribution is -0.142. The third-order valence-corrected chi connectivity index (χ3v) is 7.50. The first-order valence-electron chi connectivity index (χ1n) is 10.8. The summed E-state index contributed by atoms with van der Waals surface area (Å²) in [5.41, 5.74) is 1.65. The summed E-state index contributed by atoms with van der Waals surface area (Å²) in [5, 5.41) is 10.6. The van der Waals surface area contributed by atoms with E-state index in [1.807, 2.05) is 42.5 Å². The van der Waals surface area contributed by atoms with Gasteiger partial charge in [-0.2, -0.15) is 0 Å². The predicted octanol–water partition coefficient (Wildman–Crippen LogP) is 7.85. The molecule has 1 unspecified atom stereocenters. The Kier molecular flexibility index (Phi) is 8.32. The topological polar surface area (TPSA) is 57.6 Å². The number of carboxylic acid groups (broad SMARTS) is 1. The number of carbonyl (C=O) groups is 2. The number of nitrogens with zero attached hydrogens (tertiary/aromatic N) is 1. The Morgan fingerprint density at radius 1 is 0.917 bits per heavy atom. The average Bonchev–Trinajstić information content (AvgIpc) is 3.32. The van der Waals surface area contributed by atoms with E-state index in [1.165, 1.54) is 46.6 Å². The number of carbonyl (C=O) groups excluding carboxylic acids is 1. The van der Waals surface area contributed by atoms with Crippen molar-refractivity contribution in [3.05, 3.63) is 116 Å². The van der Waals surface area contributed by atoms with Crippen molar-refractivity contribution in [2.24, 2.45) is 0 Å². The molecule has 4 aromatic rings. The van der Waals surface area contributed by atoms with Crippen molar-refractivity contribution in [1.29, 1.82) is 0 Å². The van der Waals surface area contributed by atoms with Crippen LogP contribution in [0.3, 0.4) is 0 Å². The van der Waals surface area contributed by atoms with Crippen LogP contribution in [0, 0.1) is 5.82 Å². The van der Waals surface area contributed by atoms with Gasteiger partial charge in [-0.05, 0) is 53.6 Å². The molecule has 1 heterocycles. The number of hydrogen-bond acceptors (Lipinski definition) is 3. The van der Waals surface area contributed by atoms with E-state index < -0.39 is 23.7 Å². The van der Waals surface area contributed by atoms with E-state index in [9.17, 15) is 19.1 Å². The van der Waals surface area contributed by atoms with Gasteiger partial charge in [-0.25, -0.2) is 9.18 Å². The highest BCUT2D eigenvalue weighted by atomic mass is 35.5. The number of halogens is 4. The normalized spacial score (nSPS) is 11.8. The van der Waals surface area contributed by atoms with E-state index in [0.717, 1.165) is 20.9 Å². The van der Waals surface area contributed by atoms with Crippen molar-refractivity contribution in [2.45, 2.75) is 19.0 Å². The number of thiophene rings is 1. The molecule has 9 heteroatoms. The lowest BCUT2D eigenvalue weighted by atomic mass is 10.0. The quantitative estimate of drug-likeness (QED) is 0.238. The second kappa shape index (κ2) is 11.4. The number of carboxylic acids is 1. The fourth-order valence-corrected chi connectivity index (χ4v) is 5.42. The summed E-state index contributed by atoms with van der Waals surface area (Å²) in [6.07, 6.45) is 0.110. The van der Waals surface area contributed by atoms with Gasteiger partial charge in [0.25, 0.3) is 5.91 Å². The summed E-state index contributed by atoms with van der Waals surface area (Å²) in [6.45, 7) is 0.0290. The largest absolute Gasteiger partial charge is 0.480 e. The van der Waals surface area contributed by atoms with Gasteiger partial charge in [0.2, 0.25) is 0 Å². The average molecular weight is 563 g/mol. The molecule has 1 atom stereocenters. The maximum Gasteiger partial charge on any atom is 0.326 e. The van der Waals surface area contributed by atoms with Gasteiger partial charge in [-0.3, -0.25) is 4.79 Å². The molecule has 1 N–H and O–H groups in total. The van der Waals surface area contributed by atoms with Crippen molar-refractivity contribution in [1.82, 2.24) is 4.90 Å². The zero-order valence-electron chi connectivity index (χ0n) is 18.6. The molecule has 184 valence electrons. The number of amides is 1. The molecule has 0 saturated carbocycles. The Hall–Kier alpha value is -2.90. The number of rotatable bonds is 8. The molecule has 1 aromatic heterocycles. The van der Waals surface area contributed by atoms with Gasteiger partial charge >= 0.3 is 5.97 Å². The minimum atomic E-state index is -1.16. The van der Waals surface area contributed by atoms with E-state index in [0.29, 0.717) is 5.02 Å². The first-order chi connectivity index (χ1) is 17.2. The fourth-order valence-electron chi connectivity index (χ4n) is 3.74. The summed E-state index contributed by atoms with van der Waals surface area (Å²) in [7, 11) is 0. The standard InChI is InChI=1S/C27H19Cl3FNO3S/c28-18-7-9-20(21(29)14-18)26(33)32(24(27(34)35)12-16-4-2-1-3-5-16)15-19-8-11-25(36-19)17-6-10-23(31)22(30)13-17/h1-11,13-14,24H,12,15H2,(H,34,35). The summed E-state index contributed by atoms with van der Waals surface area (Å²) >= 11 is 19.6. The van der Waals surface area contributed by atoms with Gasteiger partial charge in [0.15, 0.2) is 0 Å². The lowest BCUT2D eigenvalue weighted by Gasteiger charge is -2.29. The van der Waals surface area contributed by atoms with E-state index >= 15 is 0 Å². The minimum absolute atomic E-state index is 0.00503. The Morgan fingerprint density at radius 3 is 2.33 bits per heavy atom. The number of aliphatic carboxylic acids is 1. The fraction of sp³-hybridized carbons (Fsp3) is 0.111. The molecule has 0 radical (unpaired) electrons. The SMILES string of the molecule is O=C(O)C(Cc1ccccc1)N(Cc1ccc(-c2ccc(F)c(Cl)c2)s1)C(=O)c1ccc(Cl)cc1Cl. The molecule has 0 saturated heterocycles. The molecule has 4 nitrogen and oxygen atoms in total. The zero-order valence-corrected chi connectivity index (χ0v) is 21.7. The molecule has 0 aliphatic rings. The van der Waals surface area contributed by atoms with Crippen LogP contribution < -0.4 is 0 Å². The molecule has 0 aliphatic carbocycles. The second-order valence-corrected chi connectivity index (χ2v) is 10.4. The molecule has 0 bridgehead atoms. The summed E-state index contributed by atoms with van der Waals surface area (Å²) < 4.78 is 13.6. The van der Waals surface area contributed by atoms with Gasteiger partial charge in [0.1, 0.15) is 11.9 Å². The maximum atomic E-state index is 13.7. The van der Waals surface area contributed by atoms with Crippen LogP contribution in [0.5, 0.6) is 0 Å². The molecule has 0 fully saturated rings. The lowest BCUT2D eigenvalue weighted by Crippen LogP contribution is -2.46. The van der Waals surface area contributed by atoms with E-state index in [4.69, 9.17) is 34.8 Å². The number of benzene rings is 3. The molecule has 36 heavy (non-hydrogen) atoms. The highest BCUT2D eigenvalue weighted by Gasteiger charge is 2.32. The van der Waals surface area contributed by atoms with Crippen LogP contribution in [0.4, 0.5) is 4.39 Å². The van der Waals surface area contributed by atoms with E-state index in [1.54, 1.807) is 6.07 Å². The van der Waals surface area contributed by atoms with Crippen molar-refractivity contribution < 1.29 is 19.1 Å². The highest BCUT2D eigenvalue weighted by Crippen LogP contribution is 2.33. The summed E-state index contributed by atoms with van der Waals surface area (Å²) in [4.78, 5) is 28.9. The van der Waals surface area contributed by atoms with Crippen molar-refractivity contribution in [3.63, 3.8) is 0 Å². The van der Waals surface area contributed by atoms with Crippen LogP contribution in [-0.4, -0.2) is 27.9 Å². The first kappa shape index (κ1) is 26.2. The summed E-state index contributed by atoms with van der Waals surface area (Å²) in [6, 6.07) is 20.5. The molecular formula is C27H19Cl3FNO3S. The summed E-state index contributed by atoms with van der Waals surface area (Å²) in [5.74, 6) is -2.18. The van der Waals surface area contributed by atoms with Crippen LogP contribution >= 0.6 is 46.1 Å². The smallest absolute Gasteiger partial charge is 0.326 e. The van der Waals surface area contributed by atoms with Gasteiger partial charge in [0, 0.05) is 21.2 Å². The Balaban J connectivity index is 1.70. The van der Waals surface area contributed by atoms with Crippen molar-refractivity contribution >= 4 is 58.0 Å². The van der Waals surface area contributed by atoms with E-state index in [2.05, 4.69) is 0 Å². The van der Waals surface area contributed by atoms with Gasteiger partial charge in [-0.1, -0.05) is 71.2 Å². The van der Waals surface area contributed by atoms with Gasteiger partial charge in [0.05, 0.1) is 22.2 Å². The number of hydrogen-bond donors (Lipinski definition) is 1. The third-order valence-electron chi connectivity index (χ3n) is 5.55. The molecule has 0 spiro atoms. The molecular weight excluding hydrogens is 544 g/mol. The van der Waals surface area contributed by atoms with Crippen LogP contribution in [0.2, 0.25) is 15.1 Å². The Bertz CT molecular complexity index is 1410.